The number of nitrogens with zero attached hydrogens (tertiary/aromatic N) is 4. The maximum absolute atomic E-state index is 5.41. The molecule has 4 heterocycles. The number of aromatic nitrogens is 4. The molecule has 4 nitrogen and oxygen atoms in total. The third-order valence-electron chi connectivity index (χ3n) is 16.8. The zero-order valence-corrected chi connectivity index (χ0v) is 48.4. The normalized spacial score (nSPS) is 12.8. The fraction of sp³-hybridized carbons (Fsp3) is 0.211. The lowest BCUT2D eigenvalue weighted by Crippen LogP contribution is -2.10. The van der Waals surface area contributed by atoms with Gasteiger partial charge in [0.05, 0.1) is 33.5 Å². The summed E-state index contributed by atoms with van der Waals surface area (Å²) in [6.45, 7) is 27.7. The Bertz CT molecular complexity index is 4130. The molecule has 0 atom stereocenters. The van der Waals surface area contributed by atoms with Crippen molar-refractivity contribution in [1.82, 2.24) is 19.1 Å². The highest BCUT2D eigenvalue weighted by molar-refractivity contribution is 6.22. The van der Waals surface area contributed by atoms with Crippen LogP contribution < -0.4 is 0 Å². The number of benzene rings is 9. The lowest BCUT2D eigenvalue weighted by molar-refractivity contribution is 0.590. The summed E-state index contributed by atoms with van der Waals surface area (Å²) in [5.41, 5.74) is 20.6. The van der Waals surface area contributed by atoms with Gasteiger partial charge in [0.1, 0.15) is 0 Å². The lowest BCUT2D eigenvalue weighted by atomic mass is 9.85. The van der Waals surface area contributed by atoms with E-state index in [-0.39, 0.29) is 21.7 Å². The molecule has 4 aromatic heterocycles. The van der Waals surface area contributed by atoms with Gasteiger partial charge in [0.25, 0.3) is 0 Å². The summed E-state index contributed by atoms with van der Waals surface area (Å²) in [4.78, 5) is 10.8. The van der Waals surface area contributed by atoms with Crippen molar-refractivity contribution in [3.05, 3.63) is 229 Å². The molecule has 0 N–H and O–H groups in total. The van der Waals surface area contributed by atoms with Gasteiger partial charge in [-0.25, -0.2) is 0 Å². The van der Waals surface area contributed by atoms with E-state index in [1.165, 1.54) is 65.9 Å². The summed E-state index contributed by atoms with van der Waals surface area (Å²) in [6.07, 6.45) is 4.08. The van der Waals surface area contributed by atoms with Gasteiger partial charge in [-0.1, -0.05) is 192 Å². The fourth-order valence-electron chi connectivity index (χ4n) is 12.2. The maximum atomic E-state index is 5.41. The first-order chi connectivity index (χ1) is 38.2. The van der Waals surface area contributed by atoms with E-state index in [1.807, 2.05) is 12.4 Å². The molecular formula is C76H70N4. The Morgan fingerprint density at radius 3 is 0.850 bits per heavy atom. The Morgan fingerprint density at radius 1 is 0.263 bits per heavy atom. The first-order valence-electron chi connectivity index (χ1n) is 28.5. The highest BCUT2D eigenvalue weighted by Crippen LogP contribution is 2.47. The Labute approximate surface area is 471 Å². The molecule has 394 valence electrons. The van der Waals surface area contributed by atoms with Gasteiger partial charge in [0.15, 0.2) is 0 Å². The van der Waals surface area contributed by atoms with E-state index >= 15 is 0 Å². The summed E-state index contributed by atoms with van der Waals surface area (Å²) in [7, 11) is 0. The molecule has 0 radical (unpaired) electrons. The minimum atomic E-state index is -0.0110. The van der Waals surface area contributed by atoms with E-state index in [1.54, 1.807) is 0 Å². The minimum absolute atomic E-state index is 0.0110. The number of rotatable bonds is 6. The van der Waals surface area contributed by atoms with Crippen LogP contribution in [0.2, 0.25) is 0 Å². The van der Waals surface area contributed by atoms with Crippen LogP contribution in [0.4, 0.5) is 0 Å². The molecule has 9 aromatic carbocycles. The molecule has 0 bridgehead atoms. The topological polar surface area (TPSA) is 35.6 Å². The molecule has 0 aliphatic rings. The van der Waals surface area contributed by atoms with Gasteiger partial charge in [-0.05, 0) is 162 Å². The third kappa shape index (κ3) is 8.68. The van der Waals surface area contributed by atoms with Gasteiger partial charge in [-0.15, -0.1) is 0 Å². The van der Waals surface area contributed by atoms with Crippen molar-refractivity contribution in [2.24, 2.45) is 0 Å². The highest BCUT2D eigenvalue weighted by Gasteiger charge is 2.26. The summed E-state index contributed by atoms with van der Waals surface area (Å²) < 4.78 is 4.97. The zero-order valence-electron chi connectivity index (χ0n) is 48.4. The van der Waals surface area contributed by atoms with Crippen molar-refractivity contribution in [1.29, 1.82) is 0 Å². The van der Waals surface area contributed by atoms with Crippen molar-refractivity contribution in [2.45, 2.75) is 105 Å². The maximum Gasteiger partial charge on any atom is 0.0714 e. The van der Waals surface area contributed by atoms with Crippen LogP contribution in [0, 0.1) is 0 Å². The summed E-state index contributed by atoms with van der Waals surface area (Å²) in [5.74, 6) is 0. The summed E-state index contributed by atoms with van der Waals surface area (Å²) in [6, 6.07) is 72.7. The number of hydrogen-bond donors (Lipinski definition) is 0. The largest absolute Gasteiger partial charge is 0.309 e. The van der Waals surface area contributed by atoms with Crippen LogP contribution in [0.25, 0.3) is 121 Å². The van der Waals surface area contributed by atoms with Gasteiger partial charge in [-0.2, -0.15) is 0 Å². The minimum Gasteiger partial charge on any atom is -0.309 e. The standard InChI is InChI=1S/C76H70N4/c1-73(2,3)51-25-35-67-59(39-51)60-40-52(74(4,5)6)26-36-68(60)79(67)55-29-31-57-63(43-55)71(65-33-23-49(45-77-65)47-19-15-13-16-20-47)58-32-30-56(44-64(58)72(57)66-34-24-50(46-78-66)48-21-17-14-18-22-48)80-69-37-27-53(75(7,8)9)41-61(69)62-42-54(76(10,11)12)28-38-70(62)80/h13-46H,1-12H3. The van der Waals surface area contributed by atoms with Crippen molar-refractivity contribution < 1.29 is 0 Å². The number of hydrogen-bond acceptors (Lipinski definition) is 2. The second-order valence-corrected chi connectivity index (χ2v) is 26.4. The third-order valence-corrected chi connectivity index (χ3v) is 16.8. The monoisotopic (exact) mass is 1040 g/mol. The summed E-state index contributed by atoms with van der Waals surface area (Å²) >= 11 is 0. The molecule has 0 aliphatic heterocycles. The van der Waals surface area contributed by atoms with Crippen LogP contribution in [0.5, 0.6) is 0 Å². The molecule has 0 saturated heterocycles. The van der Waals surface area contributed by atoms with E-state index in [4.69, 9.17) is 9.97 Å². The van der Waals surface area contributed by atoms with Gasteiger partial charge in [0.2, 0.25) is 0 Å². The van der Waals surface area contributed by atoms with E-state index < -0.39 is 0 Å². The Morgan fingerprint density at radius 2 is 0.575 bits per heavy atom. The van der Waals surface area contributed by atoms with Crippen molar-refractivity contribution in [3.8, 4) is 56.1 Å². The molecule has 4 heteroatoms. The van der Waals surface area contributed by atoms with Gasteiger partial charge >= 0.3 is 0 Å². The molecule has 13 rings (SSSR count). The van der Waals surface area contributed by atoms with Gasteiger partial charge in [0, 0.05) is 67.6 Å². The van der Waals surface area contributed by atoms with Gasteiger partial charge < -0.3 is 9.13 Å². The van der Waals surface area contributed by atoms with Gasteiger partial charge in [-0.3, -0.25) is 9.97 Å². The van der Waals surface area contributed by atoms with Crippen LogP contribution in [0.15, 0.2) is 207 Å². The molecule has 13 aromatic rings. The average molecular weight is 1040 g/mol. The Kier molecular flexibility index (Phi) is 11.8. The number of pyridine rings is 2. The van der Waals surface area contributed by atoms with Crippen LogP contribution in [0.3, 0.4) is 0 Å². The predicted octanol–water partition coefficient (Wildman–Crippen LogP) is 20.8. The van der Waals surface area contributed by atoms with Crippen LogP contribution in [-0.4, -0.2) is 19.1 Å². The molecule has 0 fully saturated rings. The summed E-state index contributed by atoms with van der Waals surface area (Å²) in [5, 5.41) is 9.50. The second-order valence-electron chi connectivity index (χ2n) is 26.4. The molecular weight excluding hydrogens is 969 g/mol. The zero-order chi connectivity index (χ0) is 55.6. The number of fused-ring (bicyclic) bond motifs is 8. The molecule has 0 amide bonds. The molecule has 0 aliphatic carbocycles. The molecule has 0 unspecified atom stereocenters. The van der Waals surface area contributed by atoms with Crippen LogP contribution >= 0.6 is 0 Å². The first-order valence-corrected chi connectivity index (χ1v) is 28.5. The molecule has 0 spiro atoms. The van der Waals surface area contributed by atoms with E-state index in [2.05, 4.69) is 286 Å². The average Bonchev–Trinajstić information content (AvgIpc) is 4.03. The highest BCUT2D eigenvalue weighted by atomic mass is 15.0. The predicted molar refractivity (Wildman–Crippen MR) is 342 cm³/mol. The molecule has 0 saturated carbocycles. The molecule has 80 heavy (non-hydrogen) atoms. The smallest absolute Gasteiger partial charge is 0.0714 e. The van der Waals surface area contributed by atoms with Crippen molar-refractivity contribution in [2.75, 3.05) is 0 Å². The van der Waals surface area contributed by atoms with Crippen molar-refractivity contribution in [3.63, 3.8) is 0 Å². The Balaban J connectivity index is 1.13. The van der Waals surface area contributed by atoms with Crippen molar-refractivity contribution >= 4 is 65.2 Å². The van der Waals surface area contributed by atoms with Crippen LogP contribution in [0.1, 0.15) is 105 Å². The fourth-order valence-corrected chi connectivity index (χ4v) is 12.2. The lowest BCUT2D eigenvalue weighted by Gasteiger charge is -2.21. The Hall–Kier alpha value is -8.60. The SMILES string of the molecule is CC(C)(C)c1ccc2c(c1)c1cc(C(C)(C)C)ccc1n2-c1ccc2c(-c3ccc(-c4ccccc4)cn3)c3cc(-n4c5ccc(C(C)(C)C)cc5c5cc(C(C)(C)C)ccc54)ccc3c(-c3ccc(-c4ccccc4)cn3)c2c1. The van der Waals surface area contributed by atoms with E-state index in [0.29, 0.717) is 0 Å². The van der Waals surface area contributed by atoms with Crippen LogP contribution in [-0.2, 0) is 21.7 Å². The van der Waals surface area contributed by atoms with E-state index in [9.17, 15) is 0 Å². The second kappa shape index (κ2) is 18.5. The van der Waals surface area contributed by atoms with E-state index in [0.717, 1.165) is 77.7 Å². The quantitative estimate of drug-likeness (QED) is 0.156. The first kappa shape index (κ1) is 50.9.